The normalized spacial score (nSPS) is 28.5. The first kappa shape index (κ1) is 33.5. The van der Waals surface area contributed by atoms with Crippen LogP contribution in [0.25, 0.3) is 0 Å². The third kappa shape index (κ3) is 11.1. The maximum Gasteiger partial charge on any atom is 1.00 e. The van der Waals surface area contributed by atoms with Gasteiger partial charge in [0.2, 0.25) is 0 Å². The first-order valence-electron chi connectivity index (χ1n) is 12.9. The van der Waals surface area contributed by atoms with Crippen molar-refractivity contribution in [1.29, 1.82) is 0 Å². The van der Waals surface area contributed by atoms with Gasteiger partial charge in [-0.05, 0) is 46.0 Å². The van der Waals surface area contributed by atoms with E-state index in [2.05, 4.69) is 0 Å². The molecule has 0 radical (unpaired) electrons. The number of aliphatic hydroxyl groups excluding tert-OH is 3. The topological polar surface area (TPSA) is 146 Å². The molecule has 0 bridgehead atoms. The number of unbranched alkanes of at least 4 members (excludes halogenated alkanes) is 5. The smallest absolute Gasteiger partial charge is 0.550 e. The fourth-order valence-electron chi connectivity index (χ4n) is 4.77. The number of carbonyl (C=O) groups is 2. The van der Waals surface area contributed by atoms with Gasteiger partial charge in [-0.25, -0.2) is 4.79 Å². The second kappa shape index (κ2) is 17.1. The summed E-state index contributed by atoms with van der Waals surface area (Å²) in [5.41, 5.74) is 0.739. The molecule has 0 aliphatic carbocycles. The molecule has 0 aromatic heterocycles. The molecule has 2 unspecified atom stereocenters. The average Bonchev–Trinajstić information content (AvgIpc) is 3.23. The number of hydrogen-bond acceptors (Lipinski definition) is 9. The quantitative estimate of drug-likeness (QED) is 0.0988. The first-order valence-corrected chi connectivity index (χ1v) is 12.9. The molecule has 202 valence electrons. The van der Waals surface area contributed by atoms with Crippen molar-refractivity contribution >= 4 is 11.9 Å². The fourth-order valence-corrected chi connectivity index (χ4v) is 4.77. The number of fused-ring (bicyclic) bond motifs is 1. The number of ether oxygens (including phenoxy) is 3. The van der Waals surface area contributed by atoms with Crippen molar-refractivity contribution in [1.82, 2.24) is 0 Å². The summed E-state index contributed by atoms with van der Waals surface area (Å²) in [6.07, 6.45) is 3.77. The van der Waals surface area contributed by atoms with E-state index in [1.165, 1.54) is 6.08 Å². The molecule has 0 spiro atoms. The number of rotatable bonds is 15. The molecule has 0 aromatic rings. The minimum absolute atomic E-state index is 0. The minimum atomic E-state index is -1.01. The van der Waals surface area contributed by atoms with Crippen molar-refractivity contribution in [2.24, 2.45) is 11.8 Å². The molecule has 2 fully saturated rings. The molecule has 3 N–H and O–H groups in total. The zero-order valence-electron chi connectivity index (χ0n) is 22.3. The van der Waals surface area contributed by atoms with Gasteiger partial charge in [0.05, 0.1) is 43.7 Å². The predicted octanol–water partition coefficient (Wildman–Crippen LogP) is -1.74. The van der Waals surface area contributed by atoms with Crippen molar-refractivity contribution in [3.8, 4) is 0 Å². The van der Waals surface area contributed by atoms with Crippen LogP contribution >= 0.6 is 0 Å². The van der Waals surface area contributed by atoms with E-state index in [0.29, 0.717) is 32.5 Å². The van der Waals surface area contributed by atoms with E-state index in [0.717, 1.165) is 37.7 Å². The zero-order chi connectivity index (χ0) is 26.0. The number of hydrogen-bond donors (Lipinski definition) is 3. The molecule has 2 heterocycles. The molecule has 2 rings (SSSR count). The third-order valence-corrected chi connectivity index (χ3v) is 7.16. The maximum atomic E-state index is 12.1. The molecule has 0 amide bonds. The molecule has 0 aromatic carbocycles. The van der Waals surface area contributed by atoms with Gasteiger partial charge < -0.3 is 39.4 Å². The monoisotopic (exact) mass is 522 g/mol. The Morgan fingerprint density at radius 2 is 1.75 bits per heavy atom. The van der Waals surface area contributed by atoms with Crippen molar-refractivity contribution in [3.05, 3.63) is 11.6 Å². The Hall–Kier alpha value is -0.520. The van der Waals surface area contributed by atoms with E-state index in [4.69, 9.17) is 14.2 Å². The van der Waals surface area contributed by atoms with Crippen LogP contribution in [-0.4, -0.2) is 77.1 Å². The van der Waals surface area contributed by atoms with E-state index in [9.17, 15) is 30.0 Å². The maximum absolute atomic E-state index is 12.1. The summed E-state index contributed by atoms with van der Waals surface area (Å²) < 4.78 is 17.1. The minimum Gasteiger partial charge on any atom is -0.550 e. The molecule has 0 saturated carbocycles. The summed E-state index contributed by atoms with van der Waals surface area (Å²) in [5.74, 6) is -1.79. The third-order valence-electron chi connectivity index (χ3n) is 7.16. The van der Waals surface area contributed by atoms with Gasteiger partial charge in [-0.1, -0.05) is 38.2 Å². The SMILES string of the molecule is C/C(=C\C(=O)OCCCCCCCCC(=O)[O-])C[C@@H]1OC[C@@H]2C[C@H](C(O)[C@@H](C)[C@H](C)O)OC2[C@H]1O.[Na+]. The van der Waals surface area contributed by atoms with Crippen molar-refractivity contribution in [2.45, 2.75) is 115 Å². The number of carbonyl (C=O) groups excluding carboxylic acids is 2. The number of aliphatic hydroxyl groups is 3. The van der Waals surface area contributed by atoms with Gasteiger partial charge in [-0.3, -0.25) is 0 Å². The molecule has 2 saturated heterocycles. The van der Waals surface area contributed by atoms with Crippen LogP contribution in [0.15, 0.2) is 11.6 Å². The summed E-state index contributed by atoms with van der Waals surface area (Å²) in [4.78, 5) is 22.5. The van der Waals surface area contributed by atoms with Crippen LogP contribution in [0.3, 0.4) is 0 Å². The van der Waals surface area contributed by atoms with Crippen LogP contribution < -0.4 is 34.7 Å². The summed E-state index contributed by atoms with van der Waals surface area (Å²) in [6, 6.07) is 0. The fraction of sp³-hybridized carbons (Fsp3) is 0.846. The van der Waals surface area contributed by atoms with E-state index in [1.807, 2.05) is 0 Å². The van der Waals surface area contributed by atoms with Gasteiger partial charge >= 0.3 is 35.5 Å². The van der Waals surface area contributed by atoms with Crippen LogP contribution in [0.2, 0.25) is 0 Å². The summed E-state index contributed by atoms with van der Waals surface area (Å²) in [6.45, 7) is 5.94. The average molecular weight is 523 g/mol. The van der Waals surface area contributed by atoms with Crippen LogP contribution in [0.4, 0.5) is 0 Å². The molecule has 8 atom stereocenters. The Morgan fingerprint density at radius 1 is 1.11 bits per heavy atom. The Labute approximate surface area is 236 Å². The van der Waals surface area contributed by atoms with Gasteiger partial charge in [0.15, 0.2) is 0 Å². The summed E-state index contributed by atoms with van der Waals surface area (Å²) >= 11 is 0. The van der Waals surface area contributed by atoms with E-state index >= 15 is 0 Å². The second-order valence-electron chi connectivity index (χ2n) is 10.2. The molecular formula is C26H43NaO9. The van der Waals surface area contributed by atoms with Gasteiger partial charge in [-0.15, -0.1) is 0 Å². The number of carboxylic acids is 1. The van der Waals surface area contributed by atoms with Gasteiger partial charge in [0, 0.05) is 23.9 Å². The zero-order valence-corrected chi connectivity index (χ0v) is 24.3. The number of aliphatic carboxylic acids is 1. The Kier molecular flexibility index (Phi) is 16.0. The first-order chi connectivity index (χ1) is 16.6. The van der Waals surface area contributed by atoms with Crippen LogP contribution in [-0.2, 0) is 23.8 Å². The van der Waals surface area contributed by atoms with Crippen LogP contribution in [0.1, 0.15) is 78.6 Å². The van der Waals surface area contributed by atoms with Gasteiger partial charge in [0.25, 0.3) is 0 Å². The molecule has 10 heteroatoms. The van der Waals surface area contributed by atoms with Gasteiger partial charge in [-0.2, -0.15) is 0 Å². The molecular weight excluding hydrogens is 479 g/mol. The summed E-state index contributed by atoms with van der Waals surface area (Å²) in [5, 5.41) is 41.4. The van der Waals surface area contributed by atoms with Crippen molar-refractivity contribution in [2.75, 3.05) is 13.2 Å². The summed E-state index contributed by atoms with van der Waals surface area (Å²) in [7, 11) is 0. The van der Waals surface area contributed by atoms with Gasteiger partial charge in [0.1, 0.15) is 6.10 Å². The standard InChI is InChI=1S/C26H44O9.Na/c1-16(13-23(30)33-11-9-7-5-4-6-8-10-22(28)29)12-20-25(32)26-19(15-34-20)14-21(35-26)24(31)17(2)18(3)27;/h13,17-21,24-27,31-32H,4-12,14-15H2,1-3H3,(H,28,29);/q;+1/p-1/b16-13+;/t17-,18-,19-,20-,21+,24?,25-,26?;/m0./s1. The van der Waals surface area contributed by atoms with Crippen LogP contribution in [0, 0.1) is 11.8 Å². The molecule has 2 aliphatic heterocycles. The van der Waals surface area contributed by atoms with E-state index in [-0.39, 0.29) is 47.8 Å². The molecule has 9 nitrogen and oxygen atoms in total. The van der Waals surface area contributed by atoms with Crippen molar-refractivity contribution < 1.29 is 73.8 Å². The Balaban J connectivity index is 0.00000648. The molecule has 36 heavy (non-hydrogen) atoms. The Morgan fingerprint density at radius 3 is 2.39 bits per heavy atom. The number of esters is 1. The van der Waals surface area contributed by atoms with E-state index < -0.39 is 48.6 Å². The van der Waals surface area contributed by atoms with E-state index in [1.54, 1.807) is 20.8 Å². The van der Waals surface area contributed by atoms with Crippen molar-refractivity contribution in [3.63, 3.8) is 0 Å². The predicted molar refractivity (Wildman–Crippen MR) is 126 cm³/mol. The molecule has 2 aliphatic rings. The Bertz CT molecular complexity index is 699. The van der Waals surface area contributed by atoms with Crippen LogP contribution in [0.5, 0.6) is 0 Å². The second-order valence-corrected chi connectivity index (χ2v) is 10.2. The largest absolute Gasteiger partial charge is 1.00 e. The number of carboxylic acid groups (broad SMARTS) is 1.